The Kier molecular flexibility index (Phi) is 2.18. The highest BCUT2D eigenvalue weighted by atomic mass is 16.2. The normalized spacial score (nSPS) is 30.1. The number of anilines is 2. The lowest BCUT2D eigenvalue weighted by Crippen LogP contribution is -2.23. The summed E-state index contributed by atoms with van der Waals surface area (Å²) in [5.41, 5.74) is 7.22. The van der Waals surface area contributed by atoms with Crippen LogP contribution < -0.4 is 11.1 Å². The predicted octanol–water partition coefficient (Wildman–Crippen LogP) is 1.30. The number of hydrogen-bond acceptors (Lipinski definition) is 3. The number of nitrogen functional groups attached to an aromatic ring is 1. The minimum atomic E-state index is 0.104. The first-order valence-corrected chi connectivity index (χ1v) is 6.16. The summed E-state index contributed by atoms with van der Waals surface area (Å²) in [6.07, 6.45) is 3.43. The minimum absolute atomic E-state index is 0.104. The van der Waals surface area contributed by atoms with Crippen LogP contribution >= 0.6 is 0 Å². The maximum Gasteiger partial charge on any atom is 0.228 e. The molecule has 2 saturated carbocycles. The second-order valence-electron chi connectivity index (χ2n) is 5.38. The van der Waals surface area contributed by atoms with Crippen LogP contribution in [0.5, 0.6) is 0 Å². The maximum absolute atomic E-state index is 12.1. The van der Waals surface area contributed by atoms with Crippen LogP contribution in [0.3, 0.4) is 0 Å². The summed E-state index contributed by atoms with van der Waals surface area (Å²) in [5, 5.41) is 7.11. The van der Waals surface area contributed by atoms with Gasteiger partial charge in [-0.25, -0.2) is 0 Å². The molecule has 2 fully saturated rings. The summed E-state index contributed by atoms with van der Waals surface area (Å²) in [5.74, 6) is 2.54. The van der Waals surface area contributed by atoms with E-state index in [4.69, 9.17) is 5.73 Å². The molecule has 0 spiro atoms. The second kappa shape index (κ2) is 3.48. The van der Waals surface area contributed by atoms with Crippen LogP contribution in [0.15, 0.2) is 0 Å². The van der Waals surface area contributed by atoms with Crippen LogP contribution in [0.1, 0.15) is 25.0 Å². The zero-order valence-electron chi connectivity index (χ0n) is 10.2. The lowest BCUT2D eigenvalue weighted by molar-refractivity contribution is -0.120. The molecule has 0 aromatic carbocycles. The molecule has 92 valence electrons. The van der Waals surface area contributed by atoms with Crippen LogP contribution in [0.25, 0.3) is 0 Å². The topological polar surface area (TPSA) is 72.9 Å². The largest absolute Gasteiger partial charge is 0.394 e. The smallest absolute Gasteiger partial charge is 0.228 e. The molecule has 2 aliphatic rings. The van der Waals surface area contributed by atoms with Gasteiger partial charge in [0.2, 0.25) is 5.91 Å². The van der Waals surface area contributed by atoms with Gasteiger partial charge < -0.3 is 11.1 Å². The summed E-state index contributed by atoms with van der Waals surface area (Å²) >= 11 is 0. The summed E-state index contributed by atoms with van der Waals surface area (Å²) in [4.78, 5) is 12.1. The Morgan fingerprint density at radius 2 is 2.06 bits per heavy atom. The van der Waals surface area contributed by atoms with E-state index in [1.165, 1.54) is 6.42 Å². The lowest BCUT2D eigenvalue weighted by Gasteiger charge is -2.12. The van der Waals surface area contributed by atoms with E-state index in [2.05, 4.69) is 10.4 Å². The number of nitrogens with two attached hydrogens (primary N) is 1. The molecule has 2 aliphatic carbocycles. The Hall–Kier alpha value is -1.52. The number of carbonyl (C=O) groups is 1. The van der Waals surface area contributed by atoms with Crippen molar-refractivity contribution < 1.29 is 4.79 Å². The van der Waals surface area contributed by atoms with Crippen LogP contribution in [0.4, 0.5) is 11.5 Å². The molecule has 5 nitrogen and oxygen atoms in total. The Labute approximate surface area is 100 Å². The number of aryl methyl sites for hydroxylation is 2. The van der Waals surface area contributed by atoms with Crippen molar-refractivity contribution in [3.63, 3.8) is 0 Å². The third-order valence-corrected chi connectivity index (χ3v) is 4.12. The van der Waals surface area contributed by atoms with Gasteiger partial charge in [-0.15, -0.1) is 0 Å². The number of fused-ring (bicyclic) bond motifs is 1. The first kappa shape index (κ1) is 10.6. The summed E-state index contributed by atoms with van der Waals surface area (Å²) in [6, 6.07) is 0. The molecule has 1 amide bonds. The van der Waals surface area contributed by atoms with Crippen molar-refractivity contribution in [1.29, 1.82) is 0 Å². The third kappa shape index (κ3) is 1.69. The molecule has 0 radical (unpaired) electrons. The zero-order valence-corrected chi connectivity index (χ0v) is 10.2. The molecule has 1 aromatic rings. The number of nitrogens with zero attached hydrogens (tertiary/aromatic N) is 2. The molecule has 0 aliphatic heterocycles. The van der Waals surface area contributed by atoms with Crippen LogP contribution in [0.2, 0.25) is 0 Å². The highest BCUT2D eigenvalue weighted by molar-refractivity contribution is 5.94. The van der Waals surface area contributed by atoms with Crippen molar-refractivity contribution in [2.75, 3.05) is 11.1 Å². The molecule has 5 heteroatoms. The van der Waals surface area contributed by atoms with Gasteiger partial charge in [0.05, 0.1) is 11.4 Å². The molecule has 1 heterocycles. The standard InChI is InChI=1S/C12H18N4O/c1-6-10(13)11(16(2)15-6)14-12(17)9-4-7-3-8(7)5-9/h7-9H,3-5,13H2,1-2H3,(H,14,17). The molecule has 0 bridgehead atoms. The average molecular weight is 234 g/mol. The van der Waals surface area contributed by atoms with Crippen molar-refractivity contribution in [3.8, 4) is 0 Å². The van der Waals surface area contributed by atoms with Crippen LogP contribution in [0, 0.1) is 24.7 Å². The van der Waals surface area contributed by atoms with Crippen molar-refractivity contribution in [3.05, 3.63) is 5.69 Å². The van der Waals surface area contributed by atoms with Crippen molar-refractivity contribution in [2.24, 2.45) is 24.8 Å². The summed E-state index contributed by atoms with van der Waals surface area (Å²) in [6.45, 7) is 1.84. The molecule has 3 N–H and O–H groups in total. The average Bonchev–Trinajstić information content (AvgIpc) is 2.83. The highest BCUT2D eigenvalue weighted by Gasteiger charge is 2.48. The number of nitrogens with one attached hydrogen (secondary N) is 1. The van der Waals surface area contributed by atoms with Gasteiger partial charge in [0, 0.05) is 13.0 Å². The highest BCUT2D eigenvalue weighted by Crippen LogP contribution is 2.54. The maximum atomic E-state index is 12.1. The third-order valence-electron chi connectivity index (χ3n) is 4.12. The lowest BCUT2D eigenvalue weighted by atomic mass is 10.0. The van der Waals surface area contributed by atoms with E-state index < -0.39 is 0 Å². The molecule has 17 heavy (non-hydrogen) atoms. The van der Waals surface area contributed by atoms with Gasteiger partial charge in [-0.1, -0.05) is 0 Å². The van der Waals surface area contributed by atoms with Gasteiger partial charge in [-0.3, -0.25) is 9.48 Å². The van der Waals surface area contributed by atoms with E-state index in [0.717, 1.165) is 30.4 Å². The Balaban J connectivity index is 1.71. The van der Waals surface area contributed by atoms with Gasteiger partial charge >= 0.3 is 0 Å². The fourth-order valence-electron chi connectivity index (χ4n) is 2.97. The van der Waals surface area contributed by atoms with Crippen molar-refractivity contribution in [1.82, 2.24) is 9.78 Å². The summed E-state index contributed by atoms with van der Waals surface area (Å²) in [7, 11) is 1.80. The first-order valence-electron chi connectivity index (χ1n) is 6.16. The van der Waals surface area contributed by atoms with Gasteiger partial charge in [0.25, 0.3) is 0 Å². The summed E-state index contributed by atoms with van der Waals surface area (Å²) < 4.78 is 1.64. The molecule has 2 unspecified atom stereocenters. The quantitative estimate of drug-likeness (QED) is 0.810. The van der Waals surface area contributed by atoms with E-state index in [1.54, 1.807) is 11.7 Å². The number of carbonyl (C=O) groups excluding carboxylic acids is 1. The van der Waals surface area contributed by atoms with E-state index in [9.17, 15) is 4.79 Å². The number of hydrogen-bond donors (Lipinski definition) is 2. The number of rotatable bonds is 2. The van der Waals surface area contributed by atoms with E-state index in [0.29, 0.717) is 11.5 Å². The van der Waals surface area contributed by atoms with E-state index in [1.807, 2.05) is 6.92 Å². The Morgan fingerprint density at radius 3 is 2.59 bits per heavy atom. The number of aromatic nitrogens is 2. The molecule has 2 atom stereocenters. The van der Waals surface area contributed by atoms with Crippen molar-refractivity contribution in [2.45, 2.75) is 26.2 Å². The van der Waals surface area contributed by atoms with Gasteiger partial charge in [0.1, 0.15) is 0 Å². The molecule has 1 aromatic heterocycles. The molecule has 0 saturated heterocycles. The Bertz CT molecular complexity index is 469. The fraction of sp³-hybridized carbons (Fsp3) is 0.667. The molecular weight excluding hydrogens is 216 g/mol. The molecular formula is C12H18N4O. The van der Waals surface area contributed by atoms with Crippen LogP contribution in [-0.4, -0.2) is 15.7 Å². The monoisotopic (exact) mass is 234 g/mol. The number of amides is 1. The van der Waals surface area contributed by atoms with Gasteiger partial charge in [0.15, 0.2) is 5.82 Å². The van der Waals surface area contributed by atoms with E-state index in [-0.39, 0.29) is 11.8 Å². The Morgan fingerprint density at radius 1 is 1.41 bits per heavy atom. The second-order valence-corrected chi connectivity index (χ2v) is 5.38. The zero-order chi connectivity index (χ0) is 12.2. The van der Waals surface area contributed by atoms with Gasteiger partial charge in [-0.2, -0.15) is 5.10 Å². The minimum Gasteiger partial charge on any atom is -0.394 e. The first-order chi connectivity index (χ1) is 8.06. The predicted molar refractivity (Wildman–Crippen MR) is 65.3 cm³/mol. The van der Waals surface area contributed by atoms with Crippen molar-refractivity contribution >= 4 is 17.4 Å². The van der Waals surface area contributed by atoms with E-state index >= 15 is 0 Å². The fourth-order valence-corrected chi connectivity index (χ4v) is 2.97. The SMILES string of the molecule is Cc1nn(C)c(NC(=O)C2CC3CC3C2)c1N. The van der Waals surface area contributed by atoms with Crippen LogP contribution in [-0.2, 0) is 11.8 Å². The molecule has 3 rings (SSSR count). The van der Waals surface area contributed by atoms with Gasteiger partial charge in [-0.05, 0) is 38.0 Å².